The molecule has 0 unspecified atom stereocenters. The highest BCUT2D eigenvalue weighted by molar-refractivity contribution is 9.10. The summed E-state index contributed by atoms with van der Waals surface area (Å²) >= 11 is 3.44. The Labute approximate surface area is 88.3 Å². The van der Waals surface area contributed by atoms with E-state index in [4.69, 9.17) is 9.05 Å². The molecule has 0 atom stereocenters. The lowest BCUT2D eigenvalue weighted by atomic mass is 10.2. The zero-order valence-electron chi connectivity index (χ0n) is 7.87. The van der Waals surface area contributed by atoms with Gasteiger partial charge in [0.15, 0.2) is 0 Å². The number of rotatable bonds is 3. The molecule has 1 aromatic rings. The van der Waals surface area contributed by atoms with Gasteiger partial charge in [0.05, 0.1) is 0 Å². The second-order valence-electron chi connectivity index (χ2n) is 2.61. The third kappa shape index (κ3) is 3.03. The van der Waals surface area contributed by atoms with Crippen molar-refractivity contribution in [3.8, 4) is 0 Å². The monoisotopic (exact) mass is 262 g/mol. The van der Waals surface area contributed by atoms with Gasteiger partial charge >= 0.3 is 0 Å². The molecule has 0 radical (unpaired) electrons. The van der Waals surface area contributed by atoms with Crippen molar-refractivity contribution in [3.05, 3.63) is 28.2 Å². The van der Waals surface area contributed by atoms with Crippen LogP contribution in [0.2, 0.25) is 0 Å². The summed E-state index contributed by atoms with van der Waals surface area (Å²) in [4.78, 5) is 0. The molecule has 0 fully saturated rings. The number of hydrogen-bond donors (Lipinski definition) is 0. The molecule has 0 aromatic heterocycles. The molecule has 0 heterocycles. The van der Waals surface area contributed by atoms with Gasteiger partial charge in [0.25, 0.3) is 0 Å². The fourth-order valence-corrected chi connectivity index (χ4v) is 3.02. The minimum Gasteiger partial charge on any atom is -0.334 e. The predicted octanol–water partition coefficient (Wildman–Crippen LogP) is 2.99. The van der Waals surface area contributed by atoms with Crippen molar-refractivity contribution in [1.82, 2.24) is 0 Å². The van der Waals surface area contributed by atoms with Gasteiger partial charge in [0.1, 0.15) is 0 Å². The Morgan fingerprint density at radius 2 is 1.77 bits per heavy atom. The molecule has 0 N–H and O–H groups in total. The van der Waals surface area contributed by atoms with Crippen LogP contribution in [0.25, 0.3) is 0 Å². The molecular formula is C9H12BrO2P. The van der Waals surface area contributed by atoms with Gasteiger partial charge in [0.2, 0.25) is 8.38 Å². The smallest absolute Gasteiger partial charge is 0.204 e. The topological polar surface area (TPSA) is 18.5 Å². The van der Waals surface area contributed by atoms with Crippen LogP contribution in [-0.2, 0) is 9.05 Å². The van der Waals surface area contributed by atoms with Crippen molar-refractivity contribution < 1.29 is 9.05 Å². The summed E-state index contributed by atoms with van der Waals surface area (Å²) in [6.45, 7) is 2.05. The Morgan fingerprint density at radius 1 is 1.15 bits per heavy atom. The molecule has 0 saturated carbocycles. The van der Waals surface area contributed by atoms with Gasteiger partial charge in [0, 0.05) is 24.0 Å². The van der Waals surface area contributed by atoms with Crippen LogP contribution in [0.15, 0.2) is 22.7 Å². The molecule has 0 aliphatic carbocycles. The summed E-state index contributed by atoms with van der Waals surface area (Å²) in [5, 5.41) is 1.09. The highest BCUT2D eigenvalue weighted by Crippen LogP contribution is 2.35. The van der Waals surface area contributed by atoms with E-state index in [0.717, 1.165) is 9.78 Å². The fraction of sp³-hybridized carbons (Fsp3) is 0.333. The molecule has 0 saturated heterocycles. The van der Waals surface area contributed by atoms with Crippen LogP contribution in [0.5, 0.6) is 0 Å². The Balaban J connectivity index is 2.99. The highest BCUT2D eigenvalue weighted by atomic mass is 79.9. The lowest BCUT2D eigenvalue weighted by Crippen LogP contribution is -2.03. The van der Waals surface area contributed by atoms with Crippen molar-refractivity contribution in [2.24, 2.45) is 0 Å². The van der Waals surface area contributed by atoms with Crippen LogP contribution in [0.3, 0.4) is 0 Å². The first-order chi connectivity index (χ1) is 6.17. The molecule has 72 valence electrons. The Morgan fingerprint density at radius 3 is 2.23 bits per heavy atom. The van der Waals surface area contributed by atoms with Crippen molar-refractivity contribution >= 4 is 29.6 Å². The maximum atomic E-state index is 5.22. The van der Waals surface area contributed by atoms with Crippen LogP contribution >= 0.6 is 24.3 Å². The summed E-state index contributed by atoms with van der Waals surface area (Å²) in [6, 6.07) is 6.15. The van der Waals surface area contributed by atoms with Crippen LogP contribution in [-0.4, -0.2) is 14.2 Å². The largest absolute Gasteiger partial charge is 0.334 e. The number of halogens is 1. The van der Waals surface area contributed by atoms with Gasteiger partial charge in [-0.25, -0.2) is 0 Å². The minimum absolute atomic E-state index is 0.914. The number of hydrogen-bond acceptors (Lipinski definition) is 2. The second kappa shape index (κ2) is 5.06. The highest BCUT2D eigenvalue weighted by Gasteiger charge is 2.10. The zero-order valence-corrected chi connectivity index (χ0v) is 10.4. The minimum atomic E-state index is -0.914. The van der Waals surface area contributed by atoms with E-state index >= 15 is 0 Å². The zero-order chi connectivity index (χ0) is 9.84. The molecule has 0 aliphatic rings. The van der Waals surface area contributed by atoms with Crippen LogP contribution in [0.4, 0.5) is 0 Å². The maximum Gasteiger partial charge on any atom is 0.204 e. The normalized spacial score (nSPS) is 10.8. The quantitative estimate of drug-likeness (QED) is 0.780. The van der Waals surface area contributed by atoms with E-state index < -0.39 is 8.38 Å². The van der Waals surface area contributed by atoms with E-state index in [1.165, 1.54) is 5.56 Å². The van der Waals surface area contributed by atoms with Crippen molar-refractivity contribution in [3.63, 3.8) is 0 Å². The number of aryl methyl sites for hydroxylation is 1. The van der Waals surface area contributed by atoms with E-state index in [1.807, 2.05) is 13.0 Å². The van der Waals surface area contributed by atoms with Gasteiger partial charge in [-0.15, -0.1) is 0 Å². The lowest BCUT2D eigenvalue weighted by molar-refractivity contribution is 0.350. The van der Waals surface area contributed by atoms with Crippen LogP contribution in [0, 0.1) is 6.92 Å². The average molecular weight is 263 g/mol. The summed E-state index contributed by atoms with van der Waals surface area (Å²) in [7, 11) is 2.40. The van der Waals surface area contributed by atoms with E-state index in [1.54, 1.807) is 14.2 Å². The van der Waals surface area contributed by atoms with Gasteiger partial charge in [-0.3, -0.25) is 0 Å². The third-order valence-electron chi connectivity index (χ3n) is 1.57. The Kier molecular flexibility index (Phi) is 4.33. The molecule has 1 rings (SSSR count). The van der Waals surface area contributed by atoms with Gasteiger partial charge in [-0.05, 0) is 30.7 Å². The average Bonchev–Trinajstić information content (AvgIpc) is 2.04. The lowest BCUT2D eigenvalue weighted by Gasteiger charge is -2.12. The standard InChI is InChI=1S/C9H12BrO2P/c1-7-4-8(10)6-9(5-7)13(11-2)12-3/h4-6H,1-3H3. The van der Waals surface area contributed by atoms with Crippen molar-refractivity contribution in [2.45, 2.75) is 6.92 Å². The first-order valence-electron chi connectivity index (χ1n) is 3.83. The molecule has 0 amide bonds. The molecule has 1 aromatic carbocycles. The van der Waals surface area contributed by atoms with Crippen LogP contribution in [0.1, 0.15) is 5.56 Å². The SMILES string of the molecule is COP(OC)c1cc(C)cc(Br)c1. The fourth-order valence-electron chi connectivity index (χ4n) is 1.11. The maximum absolute atomic E-state index is 5.22. The van der Waals surface area contributed by atoms with E-state index in [-0.39, 0.29) is 0 Å². The van der Waals surface area contributed by atoms with Gasteiger partial charge < -0.3 is 9.05 Å². The first-order valence-corrected chi connectivity index (χ1v) is 5.80. The molecule has 0 spiro atoms. The van der Waals surface area contributed by atoms with Gasteiger partial charge in [-0.2, -0.15) is 0 Å². The predicted molar refractivity (Wildman–Crippen MR) is 59.5 cm³/mol. The van der Waals surface area contributed by atoms with Crippen molar-refractivity contribution in [1.29, 1.82) is 0 Å². The first kappa shape index (κ1) is 11.1. The third-order valence-corrected chi connectivity index (χ3v) is 3.37. The van der Waals surface area contributed by atoms with Gasteiger partial charge in [-0.1, -0.05) is 15.9 Å². The number of benzene rings is 1. The molecule has 0 aliphatic heterocycles. The summed E-state index contributed by atoms with van der Waals surface area (Å²) in [5.74, 6) is 0. The summed E-state index contributed by atoms with van der Waals surface area (Å²) in [5.41, 5.74) is 1.20. The second-order valence-corrected chi connectivity index (χ2v) is 5.29. The molecule has 13 heavy (non-hydrogen) atoms. The molecular weight excluding hydrogens is 251 g/mol. The van der Waals surface area contributed by atoms with E-state index in [0.29, 0.717) is 0 Å². The summed E-state index contributed by atoms with van der Waals surface area (Å²) in [6.07, 6.45) is 0. The molecule has 0 bridgehead atoms. The van der Waals surface area contributed by atoms with Crippen LogP contribution < -0.4 is 5.30 Å². The molecule has 2 nitrogen and oxygen atoms in total. The summed E-state index contributed by atoms with van der Waals surface area (Å²) < 4.78 is 11.5. The Bertz CT molecular complexity index is 267. The van der Waals surface area contributed by atoms with E-state index in [9.17, 15) is 0 Å². The molecule has 4 heteroatoms. The Hall–Kier alpha value is 0.0500. The van der Waals surface area contributed by atoms with Crippen molar-refractivity contribution in [2.75, 3.05) is 14.2 Å². The van der Waals surface area contributed by atoms with E-state index in [2.05, 4.69) is 28.1 Å².